The fourth-order valence-corrected chi connectivity index (χ4v) is 7.31. The molecule has 0 fully saturated rings. The van der Waals surface area contributed by atoms with Crippen LogP contribution >= 0.6 is 0 Å². The zero-order valence-corrected chi connectivity index (χ0v) is 32.0. The zero-order chi connectivity index (χ0) is 39.5. The van der Waals surface area contributed by atoms with E-state index in [0.717, 1.165) is 33.8 Å². The van der Waals surface area contributed by atoms with Crippen LogP contribution in [0.1, 0.15) is 51.1 Å². The van der Waals surface area contributed by atoms with E-state index >= 15 is 0 Å². The predicted molar refractivity (Wildman–Crippen MR) is 217 cm³/mol. The van der Waals surface area contributed by atoms with Crippen LogP contribution in [0.25, 0.3) is 11.1 Å². The van der Waals surface area contributed by atoms with E-state index in [9.17, 15) is 9.59 Å². The molecule has 0 aliphatic carbocycles. The Morgan fingerprint density at radius 1 is 0.596 bits per heavy atom. The first-order valence-corrected chi connectivity index (χ1v) is 18.8. The Hall–Kier alpha value is -6.60. The monoisotopic (exact) mass is 769 g/mol. The third-order valence-electron chi connectivity index (χ3n) is 10.3. The van der Waals surface area contributed by atoms with Crippen molar-refractivity contribution in [3.05, 3.63) is 107 Å². The number of aliphatic imine (C=N–C) groups is 2. The Bertz CT molecular complexity index is 2300. The highest BCUT2D eigenvalue weighted by Gasteiger charge is 2.35. The molecule has 8 rings (SSSR count). The number of nitrogens with two attached hydrogens (primary N) is 1. The molecule has 4 aromatic carbocycles. The van der Waals surface area contributed by atoms with E-state index < -0.39 is 0 Å². The van der Waals surface area contributed by atoms with E-state index in [1.54, 1.807) is 48.3 Å². The molecule has 4 heterocycles. The molecule has 0 saturated carbocycles. The van der Waals surface area contributed by atoms with E-state index in [-0.39, 0.29) is 23.9 Å². The standard InChI is InChI=1S/C44H43N5O8/c1-52-33-9-5-27(6-10-33)29-17-31-23-46-37-21-41(39(53-2)19-35(37)43(50)48(31)25-29)56-14-4-15-57-42-22-38-36(20-40(42)54-3)44(51)49-26-30(18-32(49)24-47-38)28-7-11-34(12-8-28)55-16-13-45/h5-12,19-26,31-32H,4,13-18,45H2,1-3H3. The predicted octanol–water partition coefficient (Wildman–Crippen LogP) is 6.84. The molecule has 0 saturated heterocycles. The second kappa shape index (κ2) is 16.2. The Morgan fingerprint density at radius 2 is 1.07 bits per heavy atom. The Morgan fingerprint density at radius 3 is 1.51 bits per heavy atom. The number of amides is 2. The van der Waals surface area contributed by atoms with Crippen molar-refractivity contribution >= 4 is 46.8 Å². The van der Waals surface area contributed by atoms with Gasteiger partial charge in [-0.3, -0.25) is 19.6 Å². The number of carbonyl (C=O) groups is 2. The minimum absolute atomic E-state index is 0.160. The van der Waals surface area contributed by atoms with Gasteiger partial charge in [-0.15, -0.1) is 0 Å². The SMILES string of the molecule is COc1ccc(C2=CN3C(=O)c4cc(OC)c(OCCCOc5cc6c(cc5OC)C(=O)N5C=C(c7ccc(OCCN)cc7)CC5C=N6)cc4N=CC3C2)cc1. The molecule has 2 atom stereocenters. The smallest absolute Gasteiger partial charge is 0.260 e. The maximum absolute atomic E-state index is 13.8. The van der Waals surface area contributed by atoms with Crippen molar-refractivity contribution in [2.45, 2.75) is 31.3 Å². The van der Waals surface area contributed by atoms with Crippen LogP contribution in [0.15, 0.2) is 95.2 Å². The highest BCUT2D eigenvalue weighted by atomic mass is 16.5. The Kier molecular flexibility index (Phi) is 10.6. The van der Waals surface area contributed by atoms with Crippen molar-refractivity contribution in [2.24, 2.45) is 15.7 Å². The topological polar surface area (TPSA) is 147 Å². The molecule has 292 valence electrons. The van der Waals surface area contributed by atoms with E-state index in [1.165, 1.54) is 7.11 Å². The average Bonchev–Trinajstić information content (AvgIpc) is 3.83. The molecule has 2 N–H and O–H groups in total. The summed E-state index contributed by atoms with van der Waals surface area (Å²) in [5.41, 5.74) is 11.5. The molecule has 4 aromatic rings. The summed E-state index contributed by atoms with van der Waals surface area (Å²) in [4.78, 5) is 40.4. The van der Waals surface area contributed by atoms with Gasteiger partial charge in [0.1, 0.15) is 18.1 Å². The van der Waals surface area contributed by atoms with Gasteiger partial charge in [-0.05, 0) is 58.7 Å². The van der Waals surface area contributed by atoms with Crippen LogP contribution in [0, 0.1) is 0 Å². The lowest BCUT2D eigenvalue weighted by atomic mass is 10.0. The molecular weight excluding hydrogens is 727 g/mol. The number of hydrogen-bond acceptors (Lipinski definition) is 11. The van der Waals surface area contributed by atoms with Crippen LogP contribution in [0.4, 0.5) is 11.4 Å². The molecule has 13 heteroatoms. The van der Waals surface area contributed by atoms with Crippen LogP contribution in [0.3, 0.4) is 0 Å². The van der Waals surface area contributed by atoms with Crippen molar-refractivity contribution in [3.63, 3.8) is 0 Å². The molecule has 13 nitrogen and oxygen atoms in total. The van der Waals surface area contributed by atoms with E-state index in [0.29, 0.717) is 91.1 Å². The van der Waals surface area contributed by atoms with Crippen molar-refractivity contribution in [1.29, 1.82) is 0 Å². The number of benzene rings is 4. The van der Waals surface area contributed by atoms with Crippen LogP contribution < -0.4 is 34.2 Å². The lowest BCUT2D eigenvalue weighted by Gasteiger charge is -2.19. The van der Waals surface area contributed by atoms with Gasteiger partial charge in [0.2, 0.25) is 0 Å². The van der Waals surface area contributed by atoms with E-state index in [2.05, 4.69) is 0 Å². The van der Waals surface area contributed by atoms with Crippen molar-refractivity contribution in [3.8, 4) is 34.5 Å². The normalized spacial score (nSPS) is 17.8. The van der Waals surface area contributed by atoms with Gasteiger partial charge >= 0.3 is 0 Å². The molecule has 0 spiro atoms. The maximum Gasteiger partial charge on any atom is 0.260 e. The third kappa shape index (κ3) is 7.53. The summed E-state index contributed by atoms with van der Waals surface area (Å²) >= 11 is 0. The molecule has 57 heavy (non-hydrogen) atoms. The fourth-order valence-electron chi connectivity index (χ4n) is 7.31. The molecule has 4 aliphatic rings. The van der Waals surface area contributed by atoms with E-state index in [1.807, 2.05) is 73.4 Å². The van der Waals surface area contributed by atoms with Gasteiger partial charge in [-0.25, -0.2) is 0 Å². The number of hydrogen-bond donors (Lipinski definition) is 1. The molecule has 2 unspecified atom stereocenters. The first-order valence-electron chi connectivity index (χ1n) is 18.8. The van der Waals surface area contributed by atoms with Gasteiger partial charge in [-0.2, -0.15) is 0 Å². The number of carbonyl (C=O) groups excluding carboxylic acids is 2. The Balaban J connectivity index is 0.895. The van der Waals surface area contributed by atoms with Crippen LogP contribution in [-0.2, 0) is 0 Å². The van der Waals surface area contributed by atoms with Crippen LogP contribution in [0.5, 0.6) is 34.5 Å². The summed E-state index contributed by atoms with van der Waals surface area (Å²) in [6, 6.07) is 22.0. The van der Waals surface area contributed by atoms with E-state index in [4.69, 9.17) is 44.1 Å². The van der Waals surface area contributed by atoms with Gasteiger partial charge in [0.05, 0.1) is 69.1 Å². The van der Waals surface area contributed by atoms with Gasteiger partial charge in [-0.1, -0.05) is 24.3 Å². The van der Waals surface area contributed by atoms with Gasteiger partial charge in [0, 0.05) is 62.8 Å². The third-order valence-corrected chi connectivity index (χ3v) is 10.3. The lowest BCUT2D eigenvalue weighted by molar-refractivity contribution is 0.0809. The van der Waals surface area contributed by atoms with Gasteiger partial charge < -0.3 is 44.0 Å². The number of methoxy groups -OCH3 is 3. The molecule has 0 bridgehead atoms. The maximum atomic E-state index is 13.8. The quantitative estimate of drug-likeness (QED) is 0.136. The molecule has 4 aliphatic heterocycles. The highest BCUT2D eigenvalue weighted by molar-refractivity contribution is 6.06. The molecule has 2 amide bonds. The zero-order valence-electron chi connectivity index (χ0n) is 32.0. The van der Waals surface area contributed by atoms with Crippen LogP contribution in [-0.4, -0.2) is 93.8 Å². The second-order valence-electron chi connectivity index (χ2n) is 13.8. The fraction of sp³-hybridized carbons (Fsp3) is 0.273. The minimum atomic E-state index is -0.221. The summed E-state index contributed by atoms with van der Waals surface area (Å²) < 4.78 is 34.5. The van der Waals surface area contributed by atoms with Crippen molar-refractivity contribution in [1.82, 2.24) is 9.80 Å². The van der Waals surface area contributed by atoms with Crippen LogP contribution in [0.2, 0.25) is 0 Å². The second-order valence-corrected chi connectivity index (χ2v) is 13.8. The first kappa shape index (κ1) is 37.3. The lowest BCUT2D eigenvalue weighted by Crippen LogP contribution is -2.32. The largest absolute Gasteiger partial charge is 0.497 e. The summed E-state index contributed by atoms with van der Waals surface area (Å²) in [5.74, 6) is 2.99. The summed E-state index contributed by atoms with van der Waals surface area (Å²) in [7, 11) is 4.72. The number of rotatable bonds is 14. The summed E-state index contributed by atoms with van der Waals surface area (Å²) in [6.07, 6.45) is 9.20. The Labute approximate surface area is 330 Å². The average molecular weight is 770 g/mol. The summed E-state index contributed by atoms with van der Waals surface area (Å²) in [5, 5.41) is 0. The first-order chi connectivity index (χ1) is 27.9. The summed E-state index contributed by atoms with van der Waals surface area (Å²) in [6.45, 7) is 1.50. The number of fused-ring (bicyclic) bond motifs is 4. The highest BCUT2D eigenvalue weighted by Crippen LogP contribution is 2.42. The minimum Gasteiger partial charge on any atom is -0.497 e. The van der Waals surface area contributed by atoms with Crippen molar-refractivity contribution in [2.75, 3.05) is 47.7 Å². The number of ether oxygens (including phenoxy) is 6. The molecule has 0 aromatic heterocycles. The molecule has 0 radical (unpaired) electrons. The number of nitrogens with zero attached hydrogens (tertiary/aromatic N) is 4. The molecular formula is C44H43N5O8. The van der Waals surface area contributed by atoms with Gasteiger partial charge in [0.25, 0.3) is 11.8 Å². The van der Waals surface area contributed by atoms with Gasteiger partial charge in [0.15, 0.2) is 23.0 Å². The van der Waals surface area contributed by atoms with Crippen molar-refractivity contribution < 1.29 is 38.0 Å².